The molecule has 138 valence electrons. The van der Waals surface area contributed by atoms with Crippen LogP contribution in [0.5, 0.6) is 0 Å². The minimum atomic E-state index is -3.79. The first kappa shape index (κ1) is 19.9. The van der Waals surface area contributed by atoms with Gasteiger partial charge in [0.25, 0.3) is 0 Å². The molecule has 0 unspecified atom stereocenters. The first-order valence-corrected chi connectivity index (χ1v) is 10.1. The van der Waals surface area contributed by atoms with Gasteiger partial charge in [-0.15, -0.1) is 0 Å². The number of esters is 1. The van der Waals surface area contributed by atoms with Gasteiger partial charge in [-0.3, -0.25) is 4.79 Å². The Labute approximate surface area is 153 Å². The number of carbonyl (C=O) groups is 2. The number of carbonyl (C=O) groups excluding carboxylic acids is 2. The minimum absolute atomic E-state index is 0.0471. The second-order valence-corrected chi connectivity index (χ2v) is 8.44. The van der Waals surface area contributed by atoms with Crippen molar-refractivity contribution in [2.45, 2.75) is 50.5 Å². The van der Waals surface area contributed by atoms with E-state index < -0.39 is 22.1 Å². The van der Waals surface area contributed by atoms with Crippen molar-refractivity contribution >= 4 is 33.4 Å². The first-order chi connectivity index (χ1) is 11.7. The summed E-state index contributed by atoms with van der Waals surface area (Å²) in [6, 6.07) is 3.97. The van der Waals surface area contributed by atoms with Crippen LogP contribution in [0.1, 0.15) is 49.9 Å². The van der Waals surface area contributed by atoms with E-state index in [1.807, 2.05) is 0 Å². The van der Waals surface area contributed by atoms with Crippen molar-refractivity contribution in [2.75, 3.05) is 13.1 Å². The van der Waals surface area contributed by atoms with E-state index in [1.54, 1.807) is 0 Å². The third kappa shape index (κ3) is 4.80. The van der Waals surface area contributed by atoms with Gasteiger partial charge in [-0.1, -0.05) is 24.4 Å². The highest BCUT2D eigenvalue weighted by Gasteiger charge is 2.28. The lowest BCUT2D eigenvalue weighted by molar-refractivity contribution is -0.124. The molecule has 0 radical (unpaired) electrons. The van der Waals surface area contributed by atoms with Crippen molar-refractivity contribution < 1.29 is 22.7 Å². The van der Waals surface area contributed by atoms with Crippen LogP contribution in [0.25, 0.3) is 0 Å². The number of sulfonamides is 1. The summed E-state index contributed by atoms with van der Waals surface area (Å²) in [6.45, 7) is 3.66. The summed E-state index contributed by atoms with van der Waals surface area (Å²) in [5.41, 5.74) is 0.0471. The fourth-order valence-electron chi connectivity index (χ4n) is 2.56. The first-order valence-electron chi connectivity index (χ1n) is 8.24. The lowest BCUT2D eigenvalue weighted by Gasteiger charge is -2.21. The Morgan fingerprint density at radius 3 is 2.32 bits per heavy atom. The van der Waals surface area contributed by atoms with Crippen molar-refractivity contribution in [1.29, 1.82) is 0 Å². The topological polar surface area (TPSA) is 80.8 Å². The number of benzene rings is 1. The zero-order chi connectivity index (χ0) is 18.6. The van der Waals surface area contributed by atoms with Crippen molar-refractivity contribution in [3.63, 3.8) is 0 Å². The number of nitrogens with zero attached hydrogens (tertiary/aromatic N) is 1. The van der Waals surface area contributed by atoms with Crippen LogP contribution in [0.15, 0.2) is 23.1 Å². The Morgan fingerprint density at radius 1 is 1.16 bits per heavy atom. The summed E-state index contributed by atoms with van der Waals surface area (Å²) in [6.07, 6.45) is 2.70. The third-order valence-corrected chi connectivity index (χ3v) is 6.59. The Bertz CT molecular complexity index is 754. The van der Waals surface area contributed by atoms with E-state index in [4.69, 9.17) is 16.3 Å². The molecule has 0 N–H and O–H groups in total. The van der Waals surface area contributed by atoms with Crippen LogP contribution in [-0.4, -0.2) is 43.7 Å². The van der Waals surface area contributed by atoms with Crippen LogP contribution in [0, 0.1) is 0 Å². The molecule has 1 aliphatic rings. The molecule has 1 saturated heterocycles. The molecule has 0 aliphatic carbocycles. The highest BCUT2D eigenvalue weighted by molar-refractivity contribution is 7.89. The van der Waals surface area contributed by atoms with Crippen LogP contribution >= 0.6 is 11.6 Å². The molecule has 0 saturated carbocycles. The highest BCUT2D eigenvalue weighted by atomic mass is 35.5. The van der Waals surface area contributed by atoms with Gasteiger partial charge in [0, 0.05) is 13.1 Å². The summed E-state index contributed by atoms with van der Waals surface area (Å²) in [4.78, 5) is 23.3. The van der Waals surface area contributed by atoms with Gasteiger partial charge in [0.15, 0.2) is 11.9 Å². The third-order valence-electron chi connectivity index (χ3n) is 4.21. The predicted molar refractivity (Wildman–Crippen MR) is 94.2 cm³/mol. The molecule has 8 heteroatoms. The average molecular weight is 388 g/mol. The lowest BCUT2D eigenvalue weighted by Crippen LogP contribution is -2.32. The molecule has 25 heavy (non-hydrogen) atoms. The zero-order valence-corrected chi connectivity index (χ0v) is 15.9. The molecule has 1 heterocycles. The average Bonchev–Trinajstić information content (AvgIpc) is 2.84. The predicted octanol–water partition coefficient (Wildman–Crippen LogP) is 3.04. The number of Topliss-reactive ketones (excluding diaryl/α,β-unsaturated/α-hetero) is 1. The van der Waals surface area contributed by atoms with Gasteiger partial charge in [0.2, 0.25) is 10.0 Å². The molecule has 0 spiro atoms. The van der Waals surface area contributed by atoms with E-state index in [2.05, 4.69) is 0 Å². The minimum Gasteiger partial charge on any atom is -0.451 e. The van der Waals surface area contributed by atoms with Crippen LogP contribution in [0.4, 0.5) is 0 Å². The summed E-state index contributed by atoms with van der Waals surface area (Å²) < 4.78 is 32.2. The lowest BCUT2D eigenvalue weighted by atomic mass is 10.2. The highest BCUT2D eigenvalue weighted by Crippen LogP contribution is 2.28. The van der Waals surface area contributed by atoms with E-state index in [9.17, 15) is 18.0 Å². The Kier molecular flexibility index (Phi) is 6.59. The van der Waals surface area contributed by atoms with Gasteiger partial charge in [-0.05, 0) is 44.9 Å². The summed E-state index contributed by atoms with van der Waals surface area (Å²) in [7, 11) is -3.79. The van der Waals surface area contributed by atoms with Crippen LogP contribution < -0.4 is 0 Å². The van der Waals surface area contributed by atoms with Gasteiger partial charge in [0.05, 0.1) is 10.6 Å². The second-order valence-electron chi connectivity index (χ2n) is 6.12. The Balaban J connectivity index is 2.31. The molecule has 0 bridgehead atoms. The zero-order valence-electron chi connectivity index (χ0n) is 14.3. The van der Waals surface area contributed by atoms with E-state index in [1.165, 1.54) is 36.4 Å². The molecular weight excluding hydrogens is 366 g/mol. The number of ether oxygens (including phenoxy) is 1. The number of halogens is 1. The summed E-state index contributed by atoms with van der Waals surface area (Å²) >= 11 is 6.09. The molecule has 0 aromatic heterocycles. The van der Waals surface area contributed by atoms with Gasteiger partial charge < -0.3 is 4.74 Å². The SMILES string of the molecule is CC(=O)[C@@H](C)OC(=O)c1ccc(Cl)c(S(=O)(=O)N2CCCCCC2)c1. The standard InChI is InChI=1S/C17H22ClNO5S/c1-12(20)13(2)24-17(21)14-7-8-15(18)16(11-14)25(22,23)19-9-5-3-4-6-10-19/h7-8,11,13H,3-6,9-10H2,1-2H3/t13-/m1/s1. The maximum absolute atomic E-state index is 12.9. The van der Waals surface area contributed by atoms with E-state index in [-0.39, 0.29) is 21.3 Å². The number of hydrogen-bond acceptors (Lipinski definition) is 5. The normalized spacial score (nSPS) is 17.6. The fraction of sp³-hybridized carbons (Fsp3) is 0.529. The maximum atomic E-state index is 12.9. The quantitative estimate of drug-likeness (QED) is 0.725. The van der Waals surface area contributed by atoms with Crippen LogP contribution in [0.3, 0.4) is 0 Å². The van der Waals surface area contributed by atoms with E-state index >= 15 is 0 Å². The van der Waals surface area contributed by atoms with Crippen LogP contribution in [-0.2, 0) is 19.6 Å². The second kappa shape index (κ2) is 8.29. The van der Waals surface area contributed by atoms with Crippen LogP contribution in [0.2, 0.25) is 5.02 Å². The number of ketones is 1. The largest absolute Gasteiger partial charge is 0.451 e. The van der Waals surface area contributed by atoms with E-state index in [0.717, 1.165) is 25.7 Å². The molecule has 1 aromatic carbocycles. The molecule has 1 aliphatic heterocycles. The summed E-state index contributed by atoms with van der Waals surface area (Å²) in [5.74, 6) is -1.05. The summed E-state index contributed by atoms with van der Waals surface area (Å²) in [5, 5.41) is 0.0559. The molecule has 6 nitrogen and oxygen atoms in total. The molecule has 1 fully saturated rings. The molecule has 2 rings (SSSR count). The van der Waals surface area contributed by atoms with Crippen molar-refractivity contribution in [3.05, 3.63) is 28.8 Å². The molecule has 1 atom stereocenters. The molecular formula is C17H22ClNO5S. The smallest absolute Gasteiger partial charge is 0.338 e. The van der Waals surface area contributed by atoms with Gasteiger partial charge in [-0.25, -0.2) is 13.2 Å². The Morgan fingerprint density at radius 2 is 1.76 bits per heavy atom. The van der Waals surface area contributed by atoms with E-state index in [0.29, 0.717) is 13.1 Å². The van der Waals surface area contributed by atoms with Gasteiger partial charge in [-0.2, -0.15) is 4.31 Å². The van der Waals surface area contributed by atoms with Crippen molar-refractivity contribution in [2.24, 2.45) is 0 Å². The number of rotatable bonds is 5. The maximum Gasteiger partial charge on any atom is 0.338 e. The fourth-order valence-corrected chi connectivity index (χ4v) is 4.58. The van der Waals surface area contributed by atoms with Crippen molar-refractivity contribution in [1.82, 2.24) is 4.31 Å². The van der Waals surface area contributed by atoms with Gasteiger partial charge >= 0.3 is 5.97 Å². The Hall–Kier alpha value is -1.44. The molecule has 0 amide bonds. The van der Waals surface area contributed by atoms with Crippen molar-refractivity contribution in [3.8, 4) is 0 Å². The number of hydrogen-bond donors (Lipinski definition) is 0. The van der Waals surface area contributed by atoms with Gasteiger partial charge in [0.1, 0.15) is 4.90 Å². The molecule has 1 aromatic rings. The monoisotopic (exact) mass is 387 g/mol.